The number of aromatic nitrogens is 3. The first-order valence-electron chi connectivity index (χ1n) is 8.13. The summed E-state index contributed by atoms with van der Waals surface area (Å²) in [5.74, 6) is 1.11. The van der Waals surface area contributed by atoms with E-state index in [-0.39, 0.29) is 0 Å². The molecular formula is C19H20N4. The highest BCUT2D eigenvalue weighted by Crippen LogP contribution is 2.20. The van der Waals surface area contributed by atoms with Gasteiger partial charge in [-0.3, -0.25) is 0 Å². The van der Waals surface area contributed by atoms with Gasteiger partial charge in [-0.1, -0.05) is 48.5 Å². The second-order valence-electron chi connectivity index (χ2n) is 6.04. The molecule has 1 aliphatic heterocycles. The fourth-order valence-corrected chi connectivity index (χ4v) is 3.16. The molecule has 0 unspecified atom stereocenters. The summed E-state index contributed by atoms with van der Waals surface area (Å²) in [4.78, 5) is 4.28. The molecule has 0 aliphatic carbocycles. The van der Waals surface area contributed by atoms with Gasteiger partial charge in [0.1, 0.15) is 12.2 Å². The maximum absolute atomic E-state index is 4.28. The Balaban J connectivity index is 1.42. The predicted molar refractivity (Wildman–Crippen MR) is 90.8 cm³/mol. The Labute approximate surface area is 136 Å². The molecule has 4 heteroatoms. The first-order valence-corrected chi connectivity index (χ1v) is 8.13. The number of nitrogens with zero attached hydrogens (tertiary/aromatic N) is 3. The van der Waals surface area contributed by atoms with Crippen molar-refractivity contribution in [2.75, 3.05) is 0 Å². The largest absolute Gasteiger partial charge is 0.308 e. The molecule has 1 atom stereocenters. The van der Waals surface area contributed by atoms with Crippen molar-refractivity contribution >= 4 is 0 Å². The van der Waals surface area contributed by atoms with Gasteiger partial charge in [-0.2, -0.15) is 5.10 Å². The van der Waals surface area contributed by atoms with Gasteiger partial charge in [-0.25, -0.2) is 9.67 Å². The van der Waals surface area contributed by atoms with E-state index in [0.717, 1.165) is 31.8 Å². The van der Waals surface area contributed by atoms with Crippen molar-refractivity contribution in [1.29, 1.82) is 0 Å². The third kappa shape index (κ3) is 3.17. The molecule has 2 heterocycles. The molecule has 23 heavy (non-hydrogen) atoms. The maximum Gasteiger partial charge on any atom is 0.138 e. The van der Waals surface area contributed by atoms with Crippen LogP contribution in [0.25, 0.3) is 11.1 Å². The Hall–Kier alpha value is -2.46. The van der Waals surface area contributed by atoms with Crippen LogP contribution in [0, 0.1) is 0 Å². The van der Waals surface area contributed by atoms with Gasteiger partial charge in [0.05, 0.1) is 6.54 Å². The van der Waals surface area contributed by atoms with Gasteiger partial charge in [0.15, 0.2) is 0 Å². The average Bonchev–Trinajstić information content (AvgIpc) is 3.09. The van der Waals surface area contributed by atoms with Crippen LogP contribution in [0.15, 0.2) is 60.9 Å². The normalized spacial score (nSPS) is 17.0. The zero-order valence-electron chi connectivity index (χ0n) is 13.0. The maximum atomic E-state index is 4.28. The van der Waals surface area contributed by atoms with E-state index in [1.165, 1.54) is 16.7 Å². The van der Waals surface area contributed by atoms with E-state index < -0.39 is 0 Å². The summed E-state index contributed by atoms with van der Waals surface area (Å²) in [5.41, 5.74) is 3.85. The second-order valence-corrected chi connectivity index (χ2v) is 6.04. The van der Waals surface area contributed by atoms with Crippen molar-refractivity contribution in [2.45, 2.75) is 32.0 Å². The van der Waals surface area contributed by atoms with Crippen LogP contribution in [0.2, 0.25) is 0 Å². The molecule has 0 fully saturated rings. The lowest BCUT2D eigenvalue weighted by Gasteiger charge is -2.23. The first-order chi connectivity index (χ1) is 11.4. The molecule has 3 aromatic rings. The summed E-state index contributed by atoms with van der Waals surface area (Å²) in [6.45, 7) is 1.79. The van der Waals surface area contributed by atoms with Gasteiger partial charge in [-0.05, 0) is 29.2 Å². The van der Waals surface area contributed by atoms with Gasteiger partial charge in [0.2, 0.25) is 0 Å². The van der Waals surface area contributed by atoms with Gasteiger partial charge in [0.25, 0.3) is 0 Å². The van der Waals surface area contributed by atoms with E-state index in [0.29, 0.717) is 6.04 Å². The minimum atomic E-state index is 0.463. The molecule has 4 nitrogen and oxygen atoms in total. The minimum Gasteiger partial charge on any atom is -0.308 e. The van der Waals surface area contributed by atoms with Crippen LogP contribution in [-0.4, -0.2) is 20.8 Å². The highest BCUT2D eigenvalue weighted by atomic mass is 15.3. The number of nitrogens with one attached hydrogen (secondary N) is 1. The van der Waals surface area contributed by atoms with Crippen molar-refractivity contribution in [3.8, 4) is 11.1 Å². The molecule has 1 aliphatic rings. The van der Waals surface area contributed by atoms with Crippen LogP contribution < -0.4 is 5.32 Å². The van der Waals surface area contributed by atoms with Crippen molar-refractivity contribution in [3.05, 3.63) is 72.3 Å². The molecule has 0 saturated carbocycles. The van der Waals surface area contributed by atoms with E-state index in [9.17, 15) is 0 Å². The molecule has 1 N–H and O–H groups in total. The number of fused-ring (bicyclic) bond motifs is 1. The SMILES string of the molecule is c1ccc(-c2cccc(CN[C@@H]3CCc4ncnn4C3)c2)cc1. The summed E-state index contributed by atoms with van der Waals surface area (Å²) >= 11 is 0. The predicted octanol–water partition coefficient (Wildman–Crippen LogP) is 3.05. The van der Waals surface area contributed by atoms with Gasteiger partial charge < -0.3 is 5.32 Å². The lowest BCUT2D eigenvalue weighted by Crippen LogP contribution is -2.37. The molecule has 2 aromatic carbocycles. The molecule has 0 spiro atoms. The summed E-state index contributed by atoms with van der Waals surface area (Å²) in [6, 6.07) is 19.7. The molecule has 4 rings (SSSR count). The van der Waals surface area contributed by atoms with Crippen molar-refractivity contribution < 1.29 is 0 Å². The number of benzene rings is 2. The van der Waals surface area contributed by atoms with Gasteiger partial charge in [0, 0.05) is 19.0 Å². The topological polar surface area (TPSA) is 42.7 Å². The molecule has 0 saturated heterocycles. The zero-order chi connectivity index (χ0) is 15.5. The lowest BCUT2D eigenvalue weighted by atomic mass is 10.0. The Kier molecular flexibility index (Phi) is 3.90. The van der Waals surface area contributed by atoms with Gasteiger partial charge >= 0.3 is 0 Å². The standard InChI is InChI=1S/C19H20N4/c1-2-6-16(7-3-1)17-8-4-5-15(11-17)12-20-18-9-10-19-21-14-22-23(19)13-18/h1-8,11,14,18,20H,9-10,12-13H2/t18-/m1/s1. The number of hydrogen-bond donors (Lipinski definition) is 1. The molecule has 0 amide bonds. The van der Waals surface area contributed by atoms with Crippen LogP contribution in [0.3, 0.4) is 0 Å². The van der Waals surface area contributed by atoms with Crippen LogP contribution in [0.5, 0.6) is 0 Å². The van der Waals surface area contributed by atoms with Crippen LogP contribution in [-0.2, 0) is 19.5 Å². The Morgan fingerprint density at radius 2 is 1.91 bits per heavy atom. The summed E-state index contributed by atoms with van der Waals surface area (Å²) in [5, 5.41) is 7.94. The molecule has 1 aromatic heterocycles. The number of aryl methyl sites for hydroxylation is 1. The summed E-state index contributed by atoms with van der Waals surface area (Å²) in [6.07, 6.45) is 3.78. The lowest BCUT2D eigenvalue weighted by molar-refractivity contribution is 0.358. The fourth-order valence-electron chi connectivity index (χ4n) is 3.16. The first kappa shape index (κ1) is 14.2. The van der Waals surface area contributed by atoms with E-state index in [4.69, 9.17) is 0 Å². The van der Waals surface area contributed by atoms with E-state index in [1.807, 2.05) is 4.68 Å². The van der Waals surface area contributed by atoms with Crippen LogP contribution in [0.1, 0.15) is 17.8 Å². The molecule has 116 valence electrons. The van der Waals surface area contributed by atoms with Crippen molar-refractivity contribution in [2.24, 2.45) is 0 Å². The summed E-state index contributed by atoms with van der Waals surface area (Å²) in [7, 11) is 0. The minimum absolute atomic E-state index is 0.463. The monoisotopic (exact) mass is 304 g/mol. The Morgan fingerprint density at radius 1 is 1.04 bits per heavy atom. The number of rotatable bonds is 4. The third-order valence-corrected chi connectivity index (χ3v) is 4.43. The van der Waals surface area contributed by atoms with E-state index >= 15 is 0 Å². The van der Waals surface area contributed by atoms with Gasteiger partial charge in [-0.15, -0.1) is 0 Å². The van der Waals surface area contributed by atoms with E-state index in [2.05, 4.69) is 70.0 Å². The highest BCUT2D eigenvalue weighted by Gasteiger charge is 2.19. The molecular weight excluding hydrogens is 284 g/mol. The molecule has 0 radical (unpaired) electrons. The van der Waals surface area contributed by atoms with Crippen molar-refractivity contribution in [1.82, 2.24) is 20.1 Å². The van der Waals surface area contributed by atoms with Crippen LogP contribution >= 0.6 is 0 Å². The highest BCUT2D eigenvalue weighted by molar-refractivity contribution is 5.63. The van der Waals surface area contributed by atoms with Crippen molar-refractivity contribution in [3.63, 3.8) is 0 Å². The fraction of sp³-hybridized carbons (Fsp3) is 0.263. The molecule has 0 bridgehead atoms. The number of hydrogen-bond acceptors (Lipinski definition) is 3. The van der Waals surface area contributed by atoms with E-state index in [1.54, 1.807) is 6.33 Å². The Bertz CT molecular complexity index is 779. The second kappa shape index (κ2) is 6.34. The third-order valence-electron chi connectivity index (χ3n) is 4.43. The Morgan fingerprint density at radius 3 is 2.83 bits per heavy atom. The zero-order valence-corrected chi connectivity index (χ0v) is 13.0. The summed E-state index contributed by atoms with van der Waals surface area (Å²) < 4.78 is 2.02. The quantitative estimate of drug-likeness (QED) is 0.805. The average molecular weight is 304 g/mol. The smallest absolute Gasteiger partial charge is 0.138 e. The van der Waals surface area contributed by atoms with Crippen LogP contribution in [0.4, 0.5) is 0 Å².